The minimum atomic E-state index is -0.184. The number of fused-ring (bicyclic) bond motifs is 1. The van der Waals surface area contributed by atoms with Crippen LogP contribution in [0, 0.1) is 0 Å². The molecule has 0 bridgehead atoms. The molecule has 3 aromatic carbocycles. The van der Waals surface area contributed by atoms with Crippen molar-refractivity contribution in [3.63, 3.8) is 0 Å². The Morgan fingerprint density at radius 3 is 2.52 bits per heavy atom. The molecule has 0 N–H and O–H groups in total. The number of aryl methyl sites for hydroxylation is 1. The van der Waals surface area contributed by atoms with Gasteiger partial charge in [-0.3, -0.25) is 9.69 Å². The van der Waals surface area contributed by atoms with Gasteiger partial charge in [-0.05, 0) is 41.8 Å². The number of nitrogens with zero attached hydrogens (tertiary/aromatic N) is 2. The summed E-state index contributed by atoms with van der Waals surface area (Å²) >= 11 is 1.52. The third-order valence-electron chi connectivity index (χ3n) is 5.17. The molecule has 1 amide bonds. The maximum absolute atomic E-state index is 13.8. The number of benzene rings is 3. The van der Waals surface area contributed by atoms with Crippen molar-refractivity contribution in [2.45, 2.75) is 19.9 Å². The lowest BCUT2D eigenvalue weighted by Crippen LogP contribution is -2.30. The van der Waals surface area contributed by atoms with Gasteiger partial charge in [0.2, 0.25) is 0 Å². The van der Waals surface area contributed by atoms with Gasteiger partial charge in [-0.15, -0.1) is 0 Å². The monoisotopic (exact) mass is 432 g/mol. The van der Waals surface area contributed by atoms with E-state index in [2.05, 4.69) is 13.0 Å². The van der Waals surface area contributed by atoms with Crippen LogP contribution in [0.2, 0.25) is 0 Å². The van der Waals surface area contributed by atoms with Gasteiger partial charge >= 0.3 is 0 Å². The van der Waals surface area contributed by atoms with Crippen molar-refractivity contribution in [2.75, 3.05) is 19.1 Å². The Bertz CT molecular complexity index is 1200. The normalized spacial score (nSPS) is 10.8. The van der Waals surface area contributed by atoms with Gasteiger partial charge < -0.3 is 9.47 Å². The number of anilines is 1. The lowest BCUT2D eigenvalue weighted by atomic mass is 10.1. The Hall–Kier alpha value is -3.38. The number of para-hydroxylation sites is 1. The number of hydrogen-bond acceptors (Lipinski definition) is 5. The fraction of sp³-hybridized carbons (Fsp3) is 0.200. The van der Waals surface area contributed by atoms with Gasteiger partial charge in [-0.2, -0.15) is 0 Å². The zero-order valence-electron chi connectivity index (χ0n) is 17.8. The Kier molecular flexibility index (Phi) is 6.18. The summed E-state index contributed by atoms with van der Waals surface area (Å²) in [5, 5.41) is 0.662. The minimum absolute atomic E-state index is 0.184. The standard InChI is InChI=1S/C25H24N2O3S/c1-4-18-11-8-12-22-23(18)26-25(31-22)27(16-17-9-6-5-7-10-17)24(28)20-15-19(29-2)13-14-21(20)30-3/h5-15H,4,16H2,1-3H3. The maximum atomic E-state index is 13.8. The molecular weight excluding hydrogens is 408 g/mol. The molecule has 0 fully saturated rings. The Morgan fingerprint density at radius 2 is 1.81 bits per heavy atom. The van der Waals surface area contributed by atoms with E-state index in [4.69, 9.17) is 14.5 Å². The van der Waals surface area contributed by atoms with E-state index in [1.807, 2.05) is 42.5 Å². The molecule has 0 aliphatic carbocycles. The second-order valence-corrected chi connectivity index (χ2v) is 8.07. The molecule has 0 aliphatic heterocycles. The lowest BCUT2D eigenvalue weighted by Gasteiger charge is -2.21. The molecule has 0 saturated heterocycles. The van der Waals surface area contributed by atoms with Gasteiger partial charge in [0, 0.05) is 0 Å². The summed E-state index contributed by atoms with van der Waals surface area (Å²) in [5.41, 5.74) is 3.58. The minimum Gasteiger partial charge on any atom is -0.497 e. The Balaban J connectivity index is 1.83. The highest BCUT2D eigenvalue weighted by molar-refractivity contribution is 7.22. The molecule has 0 spiro atoms. The SMILES string of the molecule is CCc1cccc2sc(N(Cc3ccccc3)C(=O)c3cc(OC)ccc3OC)nc12. The van der Waals surface area contributed by atoms with E-state index in [0.717, 1.165) is 22.2 Å². The van der Waals surface area contributed by atoms with Crippen molar-refractivity contribution in [1.82, 2.24) is 4.98 Å². The van der Waals surface area contributed by atoms with E-state index >= 15 is 0 Å². The third-order valence-corrected chi connectivity index (χ3v) is 6.21. The number of carbonyl (C=O) groups excluding carboxylic acids is 1. The Morgan fingerprint density at radius 1 is 1.00 bits per heavy atom. The average Bonchev–Trinajstić information content (AvgIpc) is 3.26. The van der Waals surface area contributed by atoms with E-state index in [-0.39, 0.29) is 5.91 Å². The number of amides is 1. The molecule has 5 nitrogen and oxygen atoms in total. The molecule has 158 valence electrons. The van der Waals surface area contributed by atoms with Crippen LogP contribution in [-0.2, 0) is 13.0 Å². The van der Waals surface area contributed by atoms with Gasteiger partial charge in [-0.1, -0.05) is 60.7 Å². The Labute approximate surface area is 185 Å². The van der Waals surface area contributed by atoms with Gasteiger partial charge in [0.05, 0.1) is 36.5 Å². The highest BCUT2D eigenvalue weighted by Gasteiger charge is 2.25. The number of ether oxygens (including phenoxy) is 2. The van der Waals surface area contributed by atoms with Crippen LogP contribution in [0.4, 0.5) is 5.13 Å². The van der Waals surface area contributed by atoms with E-state index in [1.54, 1.807) is 37.3 Å². The van der Waals surface area contributed by atoms with Crippen LogP contribution in [0.25, 0.3) is 10.2 Å². The topological polar surface area (TPSA) is 51.7 Å². The lowest BCUT2D eigenvalue weighted by molar-refractivity contribution is 0.0982. The highest BCUT2D eigenvalue weighted by atomic mass is 32.1. The smallest absolute Gasteiger partial charge is 0.264 e. The molecule has 1 aromatic heterocycles. The van der Waals surface area contributed by atoms with Gasteiger partial charge in [0.25, 0.3) is 5.91 Å². The van der Waals surface area contributed by atoms with Crippen molar-refractivity contribution in [3.05, 3.63) is 83.4 Å². The van der Waals surface area contributed by atoms with Crippen LogP contribution in [-0.4, -0.2) is 25.1 Å². The number of aromatic nitrogens is 1. The van der Waals surface area contributed by atoms with Crippen LogP contribution in [0.5, 0.6) is 11.5 Å². The van der Waals surface area contributed by atoms with Gasteiger partial charge in [0.1, 0.15) is 11.5 Å². The summed E-state index contributed by atoms with van der Waals surface area (Å²) in [6.45, 7) is 2.52. The van der Waals surface area contributed by atoms with E-state index in [0.29, 0.717) is 28.7 Å². The van der Waals surface area contributed by atoms with Crippen molar-refractivity contribution < 1.29 is 14.3 Å². The van der Waals surface area contributed by atoms with Crippen molar-refractivity contribution in [2.24, 2.45) is 0 Å². The number of methoxy groups -OCH3 is 2. The summed E-state index contributed by atoms with van der Waals surface area (Å²) in [6.07, 6.45) is 0.886. The zero-order valence-corrected chi connectivity index (χ0v) is 18.6. The quantitative estimate of drug-likeness (QED) is 0.375. The second-order valence-electron chi connectivity index (χ2n) is 7.06. The molecule has 31 heavy (non-hydrogen) atoms. The summed E-state index contributed by atoms with van der Waals surface area (Å²) in [5.74, 6) is 0.914. The van der Waals surface area contributed by atoms with Crippen LogP contribution in [0.3, 0.4) is 0 Å². The van der Waals surface area contributed by atoms with Crippen LogP contribution in [0.1, 0.15) is 28.4 Å². The molecule has 0 aliphatic rings. The molecule has 1 heterocycles. The van der Waals surface area contributed by atoms with Gasteiger partial charge in [0.15, 0.2) is 5.13 Å². The maximum Gasteiger partial charge on any atom is 0.264 e. The largest absolute Gasteiger partial charge is 0.497 e. The third kappa shape index (κ3) is 4.25. The van der Waals surface area contributed by atoms with Crippen LogP contribution < -0.4 is 14.4 Å². The van der Waals surface area contributed by atoms with Crippen LogP contribution in [0.15, 0.2) is 66.7 Å². The first-order valence-electron chi connectivity index (χ1n) is 10.1. The summed E-state index contributed by atoms with van der Waals surface area (Å²) in [4.78, 5) is 20.4. The molecule has 4 aromatic rings. The van der Waals surface area contributed by atoms with Gasteiger partial charge in [-0.25, -0.2) is 4.98 Å². The fourth-order valence-corrected chi connectivity index (χ4v) is 4.52. The number of carbonyl (C=O) groups is 1. The summed E-state index contributed by atoms with van der Waals surface area (Å²) < 4.78 is 11.9. The summed E-state index contributed by atoms with van der Waals surface area (Å²) in [6, 6.07) is 21.3. The van der Waals surface area contributed by atoms with Crippen molar-refractivity contribution in [3.8, 4) is 11.5 Å². The molecule has 0 saturated carbocycles. The van der Waals surface area contributed by atoms with E-state index < -0.39 is 0 Å². The molecular formula is C25H24N2O3S. The molecule has 6 heteroatoms. The molecule has 4 rings (SSSR count). The zero-order chi connectivity index (χ0) is 21.8. The average molecular weight is 433 g/mol. The van der Waals surface area contributed by atoms with E-state index in [9.17, 15) is 4.79 Å². The second kappa shape index (κ2) is 9.18. The molecule has 0 atom stereocenters. The van der Waals surface area contributed by atoms with Crippen molar-refractivity contribution >= 4 is 32.6 Å². The number of thiazole rings is 1. The first kappa shape index (κ1) is 20.9. The first-order chi connectivity index (χ1) is 15.1. The highest BCUT2D eigenvalue weighted by Crippen LogP contribution is 2.34. The first-order valence-corrected chi connectivity index (χ1v) is 10.9. The fourth-order valence-electron chi connectivity index (χ4n) is 3.51. The number of rotatable bonds is 7. The molecule has 0 radical (unpaired) electrons. The van der Waals surface area contributed by atoms with E-state index in [1.165, 1.54) is 16.9 Å². The van der Waals surface area contributed by atoms with Crippen LogP contribution >= 0.6 is 11.3 Å². The molecule has 0 unspecified atom stereocenters. The van der Waals surface area contributed by atoms with Crippen molar-refractivity contribution in [1.29, 1.82) is 0 Å². The predicted octanol–water partition coefficient (Wildman–Crippen LogP) is 5.72. The number of hydrogen-bond donors (Lipinski definition) is 0. The predicted molar refractivity (Wildman–Crippen MR) is 125 cm³/mol. The summed E-state index contributed by atoms with van der Waals surface area (Å²) in [7, 11) is 3.14.